The van der Waals surface area contributed by atoms with Crippen LogP contribution in [0.1, 0.15) is 5.56 Å². The number of nitrogens with one attached hydrogen (secondary N) is 1. The highest BCUT2D eigenvalue weighted by Crippen LogP contribution is 2.28. The van der Waals surface area contributed by atoms with E-state index in [0.29, 0.717) is 28.7 Å². The van der Waals surface area contributed by atoms with Crippen LogP contribution in [0.3, 0.4) is 0 Å². The average Bonchev–Trinajstić information content (AvgIpc) is 3.24. The molecule has 0 saturated carbocycles. The molecule has 0 aliphatic carbocycles. The molecule has 2 heterocycles. The molecule has 0 fully saturated rings. The van der Waals surface area contributed by atoms with Crippen molar-refractivity contribution in [2.45, 2.75) is 0 Å². The Morgan fingerprint density at radius 2 is 1.71 bits per heavy atom. The van der Waals surface area contributed by atoms with E-state index < -0.39 is 0 Å². The van der Waals surface area contributed by atoms with Gasteiger partial charge in [0.1, 0.15) is 5.69 Å². The van der Waals surface area contributed by atoms with Crippen LogP contribution < -0.4 is 5.32 Å². The number of benzene rings is 2. The molecule has 6 nitrogen and oxygen atoms in total. The number of amides is 1. The molecule has 2 aromatic heterocycles. The Labute approximate surface area is 161 Å². The summed E-state index contributed by atoms with van der Waals surface area (Å²) in [5.41, 5.74) is 2.78. The summed E-state index contributed by atoms with van der Waals surface area (Å²) in [5.74, 6) is 0.449. The largest absolute Gasteiger partial charge is 0.333 e. The van der Waals surface area contributed by atoms with Crippen molar-refractivity contribution in [3.63, 3.8) is 0 Å². The summed E-state index contributed by atoms with van der Waals surface area (Å²) in [4.78, 5) is 20.9. The number of pyridine rings is 1. The minimum absolute atomic E-state index is 0.249. The van der Waals surface area contributed by atoms with Crippen molar-refractivity contribution in [2.24, 2.45) is 0 Å². The predicted molar refractivity (Wildman–Crippen MR) is 107 cm³/mol. The van der Waals surface area contributed by atoms with Gasteiger partial charge in [-0.05, 0) is 35.9 Å². The van der Waals surface area contributed by atoms with Gasteiger partial charge in [0, 0.05) is 12.3 Å². The van der Waals surface area contributed by atoms with Crippen molar-refractivity contribution in [2.75, 3.05) is 5.32 Å². The third kappa shape index (κ3) is 4.02. The van der Waals surface area contributed by atoms with E-state index >= 15 is 0 Å². The number of nitrogens with zero attached hydrogens (tertiary/aromatic N) is 3. The molecule has 136 valence electrons. The molecule has 1 N–H and O–H groups in total. The van der Waals surface area contributed by atoms with Crippen LogP contribution in [0.15, 0.2) is 89.6 Å². The highest BCUT2D eigenvalue weighted by molar-refractivity contribution is 6.03. The number of hydrogen-bond acceptors (Lipinski definition) is 5. The molecule has 2 aromatic carbocycles. The third-order valence-corrected chi connectivity index (χ3v) is 3.96. The second-order valence-electron chi connectivity index (χ2n) is 5.92. The van der Waals surface area contributed by atoms with Crippen LogP contribution in [0.5, 0.6) is 0 Å². The average molecular weight is 368 g/mol. The van der Waals surface area contributed by atoms with Crippen molar-refractivity contribution in [3.8, 4) is 23.0 Å². The molecular formula is C22H16N4O2. The van der Waals surface area contributed by atoms with E-state index in [1.807, 2.05) is 60.7 Å². The molecule has 0 aliphatic heterocycles. The first-order valence-electron chi connectivity index (χ1n) is 8.68. The van der Waals surface area contributed by atoms with Crippen molar-refractivity contribution in [1.82, 2.24) is 15.1 Å². The van der Waals surface area contributed by atoms with Gasteiger partial charge in [-0.25, -0.2) is 0 Å². The van der Waals surface area contributed by atoms with E-state index in [1.54, 1.807) is 24.4 Å². The Hall–Kier alpha value is -4.06. The molecule has 0 aliphatic rings. The molecule has 0 bridgehead atoms. The fraction of sp³-hybridized carbons (Fsp3) is 0. The number of carbonyl (C=O) groups is 1. The maximum atomic E-state index is 12.3. The van der Waals surface area contributed by atoms with Gasteiger partial charge < -0.3 is 9.84 Å². The normalized spacial score (nSPS) is 10.9. The summed E-state index contributed by atoms with van der Waals surface area (Å²) in [6.07, 6.45) is 4.90. The van der Waals surface area contributed by atoms with Crippen LogP contribution in [0, 0.1) is 0 Å². The number of carbonyl (C=O) groups excluding carboxylic acids is 1. The molecule has 4 rings (SSSR count). The van der Waals surface area contributed by atoms with Gasteiger partial charge in [0.25, 0.3) is 5.89 Å². The first-order chi connectivity index (χ1) is 13.8. The first kappa shape index (κ1) is 17.4. The molecule has 28 heavy (non-hydrogen) atoms. The minimum Gasteiger partial charge on any atom is -0.333 e. The van der Waals surface area contributed by atoms with Gasteiger partial charge >= 0.3 is 0 Å². The molecule has 6 heteroatoms. The van der Waals surface area contributed by atoms with E-state index in [4.69, 9.17) is 4.52 Å². The molecule has 0 saturated heterocycles. The Bertz CT molecular complexity index is 1110. The highest BCUT2D eigenvalue weighted by Gasteiger charge is 2.15. The maximum Gasteiger partial charge on any atom is 0.260 e. The molecule has 0 unspecified atom stereocenters. The lowest BCUT2D eigenvalue weighted by Crippen LogP contribution is -2.08. The lowest BCUT2D eigenvalue weighted by molar-refractivity contribution is -0.111. The Morgan fingerprint density at radius 3 is 2.54 bits per heavy atom. The number of anilines is 1. The summed E-state index contributed by atoms with van der Waals surface area (Å²) in [7, 11) is 0. The molecule has 4 aromatic rings. The van der Waals surface area contributed by atoms with Gasteiger partial charge in [-0.3, -0.25) is 9.78 Å². The molecule has 0 spiro atoms. The lowest BCUT2D eigenvalue weighted by atomic mass is 10.1. The Kier molecular flexibility index (Phi) is 5.02. The number of aromatic nitrogens is 3. The third-order valence-electron chi connectivity index (χ3n) is 3.96. The molecule has 1 amide bonds. The van der Waals surface area contributed by atoms with Gasteiger partial charge in [-0.15, -0.1) is 0 Å². The summed E-state index contributed by atoms with van der Waals surface area (Å²) in [6.45, 7) is 0. The fourth-order valence-electron chi connectivity index (χ4n) is 2.62. The van der Waals surface area contributed by atoms with Crippen LogP contribution in [-0.2, 0) is 4.79 Å². The van der Waals surface area contributed by atoms with E-state index in [2.05, 4.69) is 20.4 Å². The Balaban J connectivity index is 1.55. The van der Waals surface area contributed by atoms with E-state index in [0.717, 1.165) is 5.56 Å². The van der Waals surface area contributed by atoms with Crippen molar-refractivity contribution >= 4 is 17.7 Å². The van der Waals surface area contributed by atoms with Gasteiger partial charge in [-0.1, -0.05) is 53.7 Å². The topological polar surface area (TPSA) is 80.9 Å². The lowest BCUT2D eigenvalue weighted by Gasteiger charge is -2.06. The summed E-state index contributed by atoms with van der Waals surface area (Å²) in [5, 5.41) is 6.84. The monoisotopic (exact) mass is 368 g/mol. The van der Waals surface area contributed by atoms with Gasteiger partial charge in [0.2, 0.25) is 11.7 Å². The number of para-hydroxylation sites is 1. The number of hydrogen-bond donors (Lipinski definition) is 1. The molecule has 0 radical (unpaired) electrons. The standard InChI is InChI=1S/C22H16N4O2/c27-20(14-13-16-8-2-1-3-9-16)24-18-11-5-4-10-17(18)22-25-21(26-28-22)19-12-6-7-15-23-19/h1-15H,(H,24,27)/b14-13+. The first-order valence-corrected chi connectivity index (χ1v) is 8.68. The van der Waals surface area contributed by atoms with Gasteiger partial charge in [0.05, 0.1) is 11.3 Å². The summed E-state index contributed by atoms with van der Waals surface area (Å²) >= 11 is 0. The van der Waals surface area contributed by atoms with Crippen LogP contribution in [-0.4, -0.2) is 21.0 Å². The van der Waals surface area contributed by atoms with Crippen molar-refractivity contribution < 1.29 is 9.32 Å². The van der Waals surface area contributed by atoms with E-state index in [1.165, 1.54) is 6.08 Å². The summed E-state index contributed by atoms with van der Waals surface area (Å²) in [6, 6.07) is 22.4. The predicted octanol–water partition coefficient (Wildman–Crippen LogP) is 4.45. The van der Waals surface area contributed by atoms with E-state index in [-0.39, 0.29) is 5.91 Å². The second kappa shape index (κ2) is 8.09. The fourth-order valence-corrected chi connectivity index (χ4v) is 2.62. The summed E-state index contributed by atoms with van der Waals surface area (Å²) < 4.78 is 5.39. The van der Waals surface area contributed by atoms with Crippen LogP contribution in [0.2, 0.25) is 0 Å². The maximum absolute atomic E-state index is 12.3. The second-order valence-corrected chi connectivity index (χ2v) is 5.92. The number of rotatable bonds is 5. The van der Waals surface area contributed by atoms with Crippen LogP contribution in [0.4, 0.5) is 5.69 Å². The molecule has 0 atom stereocenters. The minimum atomic E-state index is -0.249. The zero-order valence-electron chi connectivity index (χ0n) is 14.8. The SMILES string of the molecule is O=C(/C=C/c1ccccc1)Nc1ccccc1-c1nc(-c2ccccn2)no1. The van der Waals surface area contributed by atoms with Crippen molar-refractivity contribution in [3.05, 3.63) is 90.6 Å². The molecular weight excluding hydrogens is 352 g/mol. The van der Waals surface area contributed by atoms with Gasteiger partial charge in [0.15, 0.2) is 0 Å². The highest BCUT2D eigenvalue weighted by atomic mass is 16.5. The van der Waals surface area contributed by atoms with E-state index in [9.17, 15) is 4.79 Å². The van der Waals surface area contributed by atoms with Crippen LogP contribution in [0.25, 0.3) is 29.0 Å². The zero-order chi connectivity index (χ0) is 19.2. The smallest absolute Gasteiger partial charge is 0.260 e. The van der Waals surface area contributed by atoms with Crippen molar-refractivity contribution in [1.29, 1.82) is 0 Å². The zero-order valence-corrected chi connectivity index (χ0v) is 14.8. The quantitative estimate of drug-likeness (QED) is 0.526. The van der Waals surface area contributed by atoms with Crippen LogP contribution >= 0.6 is 0 Å². The Morgan fingerprint density at radius 1 is 0.929 bits per heavy atom. The van der Waals surface area contributed by atoms with Gasteiger partial charge in [-0.2, -0.15) is 4.98 Å².